The molecule has 15 heavy (non-hydrogen) atoms. The van der Waals surface area contributed by atoms with Crippen molar-refractivity contribution in [3.63, 3.8) is 0 Å². The zero-order valence-electron chi connectivity index (χ0n) is 9.66. The van der Waals surface area contributed by atoms with Crippen LogP contribution in [-0.2, 0) is 12.0 Å². The van der Waals surface area contributed by atoms with Gasteiger partial charge in [0.1, 0.15) is 0 Å². The van der Waals surface area contributed by atoms with Crippen LogP contribution in [0.1, 0.15) is 45.3 Å². The topological polar surface area (TPSA) is 64.9 Å². The molecule has 1 fully saturated rings. The van der Waals surface area contributed by atoms with E-state index in [1.54, 1.807) is 0 Å². The van der Waals surface area contributed by atoms with Gasteiger partial charge in [0.05, 0.1) is 5.54 Å². The van der Waals surface area contributed by atoms with Gasteiger partial charge in [0, 0.05) is 6.42 Å². The third-order valence-electron chi connectivity index (χ3n) is 2.95. The van der Waals surface area contributed by atoms with Crippen molar-refractivity contribution >= 4 is 0 Å². The number of nitrogens with zero attached hydrogens (tertiary/aromatic N) is 2. The molecule has 1 unspecified atom stereocenters. The summed E-state index contributed by atoms with van der Waals surface area (Å²) < 4.78 is 5.25. The van der Waals surface area contributed by atoms with Crippen LogP contribution < -0.4 is 5.73 Å². The zero-order valence-corrected chi connectivity index (χ0v) is 9.66. The first-order valence-electron chi connectivity index (χ1n) is 5.62. The summed E-state index contributed by atoms with van der Waals surface area (Å²) in [5.74, 6) is 2.43. The van der Waals surface area contributed by atoms with Crippen LogP contribution in [0.2, 0.25) is 0 Å². The molecule has 1 aliphatic rings. The first-order chi connectivity index (χ1) is 7.00. The summed E-state index contributed by atoms with van der Waals surface area (Å²) >= 11 is 0. The van der Waals surface area contributed by atoms with Crippen molar-refractivity contribution in [3.8, 4) is 0 Å². The number of rotatable bonds is 4. The smallest absolute Gasteiger partial charge is 0.246 e. The Balaban J connectivity index is 2.12. The molecule has 2 rings (SSSR count). The van der Waals surface area contributed by atoms with Gasteiger partial charge in [-0.1, -0.05) is 19.0 Å². The Labute approximate surface area is 90.2 Å². The van der Waals surface area contributed by atoms with Crippen molar-refractivity contribution in [3.05, 3.63) is 11.7 Å². The zero-order chi connectivity index (χ0) is 11.1. The van der Waals surface area contributed by atoms with Gasteiger partial charge in [0.15, 0.2) is 5.82 Å². The van der Waals surface area contributed by atoms with Crippen molar-refractivity contribution < 1.29 is 4.52 Å². The average molecular weight is 209 g/mol. The fraction of sp³-hybridized carbons (Fsp3) is 0.818. The highest BCUT2D eigenvalue weighted by Gasteiger charge is 2.43. The summed E-state index contributed by atoms with van der Waals surface area (Å²) in [6.07, 6.45) is 3.20. The van der Waals surface area contributed by atoms with Gasteiger partial charge in [-0.25, -0.2) is 0 Å². The Morgan fingerprint density at radius 1 is 1.53 bits per heavy atom. The molecule has 0 aromatic carbocycles. The van der Waals surface area contributed by atoms with Crippen LogP contribution >= 0.6 is 0 Å². The molecule has 1 saturated carbocycles. The summed E-state index contributed by atoms with van der Waals surface area (Å²) in [5.41, 5.74) is 5.76. The van der Waals surface area contributed by atoms with E-state index in [1.807, 2.05) is 6.92 Å². The second-order valence-electron chi connectivity index (χ2n) is 5.17. The molecular formula is C11H19N3O. The van der Waals surface area contributed by atoms with Gasteiger partial charge in [0.2, 0.25) is 5.89 Å². The molecular weight excluding hydrogens is 190 g/mol. The molecule has 0 spiro atoms. The molecule has 0 aliphatic heterocycles. The summed E-state index contributed by atoms with van der Waals surface area (Å²) in [6.45, 7) is 6.26. The van der Waals surface area contributed by atoms with E-state index in [4.69, 9.17) is 10.3 Å². The van der Waals surface area contributed by atoms with E-state index in [2.05, 4.69) is 24.0 Å². The quantitative estimate of drug-likeness (QED) is 0.822. The fourth-order valence-corrected chi connectivity index (χ4v) is 1.78. The van der Waals surface area contributed by atoms with Crippen LogP contribution in [0.25, 0.3) is 0 Å². The van der Waals surface area contributed by atoms with Crippen molar-refractivity contribution in [2.45, 2.75) is 45.6 Å². The Bertz CT molecular complexity index is 339. The van der Waals surface area contributed by atoms with E-state index in [0.29, 0.717) is 17.7 Å². The van der Waals surface area contributed by atoms with Crippen LogP contribution in [0.15, 0.2) is 4.52 Å². The lowest BCUT2D eigenvalue weighted by Gasteiger charge is -2.18. The Kier molecular flexibility index (Phi) is 2.54. The normalized spacial score (nSPS) is 20.6. The van der Waals surface area contributed by atoms with Gasteiger partial charge >= 0.3 is 0 Å². The van der Waals surface area contributed by atoms with E-state index in [0.717, 1.165) is 12.2 Å². The standard InChI is InChI=1S/C11H19N3O/c1-7(2)6-9-13-10(15-14-9)11(3,12)8-4-5-8/h7-8H,4-6,12H2,1-3H3. The van der Waals surface area contributed by atoms with E-state index in [1.165, 1.54) is 12.8 Å². The molecule has 1 aromatic rings. The molecule has 0 amide bonds. The highest BCUT2D eigenvalue weighted by molar-refractivity contribution is 5.07. The van der Waals surface area contributed by atoms with Gasteiger partial charge in [-0.3, -0.25) is 0 Å². The van der Waals surface area contributed by atoms with Gasteiger partial charge in [-0.15, -0.1) is 0 Å². The van der Waals surface area contributed by atoms with Crippen molar-refractivity contribution in [2.24, 2.45) is 17.6 Å². The lowest BCUT2D eigenvalue weighted by molar-refractivity contribution is 0.272. The molecule has 84 valence electrons. The van der Waals surface area contributed by atoms with Crippen LogP contribution in [0.5, 0.6) is 0 Å². The van der Waals surface area contributed by atoms with E-state index < -0.39 is 5.54 Å². The second kappa shape index (κ2) is 3.59. The van der Waals surface area contributed by atoms with Crippen LogP contribution in [0.3, 0.4) is 0 Å². The summed E-state index contributed by atoms with van der Waals surface area (Å²) in [5, 5.41) is 3.97. The van der Waals surface area contributed by atoms with Crippen molar-refractivity contribution in [1.29, 1.82) is 0 Å². The molecule has 1 aliphatic carbocycles. The Hall–Kier alpha value is -0.900. The molecule has 4 heteroatoms. The predicted molar refractivity (Wildman–Crippen MR) is 57.1 cm³/mol. The summed E-state index contributed by atoms with van der Waals surface area (Å²) in [6, 6.07) is 0. The minimum absolute atomic E-state index is 0.428. The molecule has 0 saturated heterocycles. The van der Waals surface area contributed by atoms with Gasteiger partial charge in [0.25, 0.3) is 0 Å². The molecule has 1 atom stereocenters. The number of aromatic nitrogens is 2. The van der Waals surface area contributed by atoms with Gasteiger partial charge < -0.3 is 10.3 Å². The Morgan fingerprint density at radius 2 is 2.20 bits per heavy atom. The monoisotopic (exact) mass is 209 g/mol. The maximum Gasteiger partial charge on any atom is 0.246 e. The third kappa shape index (κ3) is 2.20. The van der Waals surface area contributed by atoms with Crippen LogP contribution in [0, 0.1) is 11.8 Å². The lowest BCUT2D eigenvalue weighted by Crippen LogP contribution is -2.35. The molecule has 1 heterocycles. The third-order valence-corrected chi connectivity index (χ3v) is 2.95. The minimum Gasteiger partial charge on any atom is -0.337 e. The van der Waals surface area contributed by atoms with E-state index in [9.17, 15) is 0 Å². The molecule has 1 aromatic heterocycles. The van der Waals surface area contributed by atoms with Crippen LogP contribution in [0.4, 0.5) is 0 Å². The largest absolute Gasteiger partial charge is 0.337 e. The average Bonchev–Trinajstić information content (AvgIpc) is 2.88. The van der Waals surface area contributed by atoms with Crippen molar-refractivity contribution in [1.82, 2.24) is 10.1 Å². The predicted octanol–water partition coefficient (Wildman–Crippen LogP) is 1.85. The highest BCUT2D eigenvalue weighted by Crippen LogP contribution is 2.43. The molecule has 0 bridgehead atoms. The molecule has 4 nitrogen and oxygen atoms in total. The first kappa shape index (κ1) is 10.6. The Morgan fingerprint density at radius 3 is 2.73 bits per heavy atom. The SMILES string of the molecule is CC(C)Cc1noc(C(C)(N)C2CC2)n1. The number of hydrogen-bond acceptors (Lipinski definition) is 4. The van der Waals surface area contributed by atoms with E-state index >= 15 is 0 Å². The highest BCUT2D eigenvalue weighted by atomic mass is 16.5. The first-order valence-corrected chi connectivity index (χ1v) is 5.62. The molecule has 0 radical (unpaired) electrons. The summed E-state index contributed by atoms with van der Waals surface area (Å²) in [7, 11) is 0. The van der Waals surface area contributed by atoms with Crippen molar-refractivity contribution in [2.75, 3.05) is 0 Å². The number of hydrogen-bond donors (Lipinski definition) is 1. The van der Waals surface area contributed by atoms with Gasteiger partial charge in [-0.2, -0.15) is 4.98 Å². The lowest BCUT2D eigenvalue weighted by atomic mass is 9.97. The van der Waals surface area contributed by atoms with E-state index in [-0.39, 0.29) is 0 Å². The van der Waals surface area contributed by atoms with Gasteiger partial charge in [-0.05, 0) is 31.6 Å². The minimum atomic E-state index is -0.428. The maximum atomic E-state index is 6.19. The fourth-order valence-electron chi connectivity index (χ4n) is 1.78. The summed E-state index contributed by atoms with van der Waals surface area (Å²) in [4.78, 5) is 4.38. The second-order valence-corrected chi connectivity index (χ2v) is 5.17. The molecule has 2 N–H and O–H groups in total. The van der Waals surface area contributed by atoms with Crippen LogP contribution in [-0.4, -0.2) is 10.1 Å². The maximum absolute atomic E-state index is 6.19. The number of nitrogens with two attached hydrogens (primary N) is 1.